The van der Waals surface area contributed by atoms with Crippen molar-refractivity contribution in [1.82, 2.24) is 14.5 Å². The maximum absolute atomic E-state index is 14.9. The molecule has 0 saturated heterocycles. The molecule has 0 atom stereocenters. The molecule has 1 N–H and O–H groups in total. The molecule has 33 heavy (non-hydrogen) atoms. The van der Waals surface area contributed by atoms with Crippen molar-refractivity contribution in [2.75, 3.05) is 6.26 Å². The molecule has 1 fully saturated rings. The molecule has 1 aromatic heterocycles. The van der Waals surface area contributed by atoms with Crippen LogP contribution in [0.3, 0.4) is 0 Å². The van der Waals surface area contributed by atoms with Crippen molar-refractivity contribution in [3.05, 3.63) is 82.6 Å². The molecule has 0 aliphatic heterocycles. The fraction of sp³-hybridized carbons (Fsp3) is 0.167. The fourth-order valence-corrected chi connectivity index (χ4v) is 4.59. The van der Waals surface area contributed by atoms with E-state index in [1.165, 1.54) is 5.56 Å². The summed E-state index contributed by atoms with van der Waals surface area (Å²) in [4.78, 5) is 12.2. The van der Waals surface area contributed by atoms with E-state index >= 15 is 0 Å². The van der Waals surface area contributed by atoms with Gasteiger partial charge in [0.25, 0.3) is 5.91 Å². The van der Waals surface area contributed by atoms with Gasteiger partial charge in [0.2, 0.25) is 10.0 Å². The summed E-state index contributed by atoms with van der Waals surface area (Å²) >= 11 is 6.44. The van der Waals surface area contributed by atoms with Crippen LogP contribution in [0.1, 0.15) is 34.7 Å². The van der Waals surface area contributed by atoms with E-state index in [1.807, 2.05) is 42.5 Å². The number of hydrogen-bond donors (Lipinski definition) is 1. The zero-order valence-corrected chi connectivity index (χ0v) is 19.1. The van der Waals surface area contributed by atoms with Crippen molar-refractivity contribution in [2.45, 2.75) is 18.8 Å². The number of nitrogens with one attached hydrogen (secondary N) is 1. The van der Waals surface area contributed by atoms with Gasteiger partial charge in [-0.15, -0.1) is 0 Å². The molecule has 6 nitrogen and oxygen atoms in total. The monoisotopic (exact) mass is 483 g/mol. The number of sulfonamides is 1. The lowest BCUT2D eigenvalue weighted by molar-refractivity contribution is 0.0978. The minimum Gasteiger partial charge on any atom is -0.268 e. The van der Waals surface area contributed by atoms with Crippen LogP contribution in [-0.4, -0.2) is 30.4 Å². The number of halogens is 2. The highest BCUT2D eigenvalue weighted by Crippen LogP contribution is 2.42. The zero-order chi connectivity index (χ0) is 23.3. The Balaban J connectivity index is 1.67. The Labute approximate surface area is 195 Å². The summed E-state index contributed by atoms with van der Waals surface area (Å²) in [6, 6.07) is 18.0. The van der Waals surface area contributed by atoms with Gasteiger partial charge in [-0.25, -0.2) is 22.2 Å². The van der Waals surface area contributed by atoms with Crippen LogP contribution in [0.25, 0.3) is 27.8 Å². The highest BCUT2D eigenvalue weighted by Gasteiger charge is 2.26. The van der Waals surface area contributed by atoms with Crippen LogP contribution in [0.5, 0.6) is 0 Å². The van der Waals surface area contributed by atoms with Gasteiger partial charge in [-0.3, -0.25) is 4.79 Å². The van der Waals surface area contributed by atoms with Crippen LogP contribution in [0.4, 0.5) is 4.39 Å². The first-order chi connectivity index (χ1) is 15.7. The third kappa shape index (κ3) is 4.24. The zero-order valence-electron chi connectivity index (χ0n) is 17.5. The van der Waals surface area contributed by atoms with Crippen molar-refractivity contribution in [3.8, 4) is 16.9 Å². The number of nitrogens with zero attached hydrogens (tertiary/aromatic N) is 2. The quantitative estimate of drug-likeness (QED) is 0.430. The summed E-state index contributed by atoms with van der Waals surface area (Å²) in [6.07, 6.45) is 3.14. The molecule has 168 valence electrons. The molecule has 1 saturated carbocycles. The topological polar surface area (TPSA) is 81.1 Å². The van der Waals surface area contributed by atoms with Gasteiger partial charge in [0.15, 0.2) is 0 Å². The summed E-state index contributed by atoms with van der Waals surface area (Å²) in [5.74, 6) is -1.45. The van der Waals surface area contributed by atoms with Gasteiger partial charge < -0.3 is 0 Å². The average molecular weight is 484 g/mol. The number of amides is 1. The summed E-state index contributed by atoms with van der Waals surface area (Å²) < 4.78 is 40.9. The second-order valence-corrected chi connectivity index (χ2v) is 10.3. The maximum atomic E-state index is 14.9. The molecule has 1 amide bonds. The smallest absolute Gasteiger partial charge is 0.267 e. The van der Waals surface area contributed by atoms with Crippen LogP contribution in [0.15, 0.2) is 60.7 Å². The van der Waals surface area contributed by atoms with E-state index < -0.39 is 27.3 Å². The van der Waals surface area contributed by atoms with Gasteiger partial charge in [-0.2, -0.15) is 5.10 Å². The predicted molar refractivity (Wildman–Crippen MR) is 126 cm³/mol. The summed E-state index contributed by atoms with van der Waals surface area (Å²) in [7, 11) is -3.85. The summed E-state index contributed by atoms with van der Waals surface area (Å²) in [5.41, 5.74) is 3.41. The van der Waals surface area contributed by atoms with Crippen molar-refractivity contribution in [3.63, 3.8) is 0 Å². The number of benzene rings is 3. The standard InChI is InChI=1S/C24H19ClFN3O3S/c1-33(31,32)28-24(30)17-12-19(25)22(13-20(17)26)29-21-10-9-16(14-7-8-14)11-18(21)23(27-29)15-5-3-2-4-6-15/h2-6,9-14H,7-8H2,1H3,(H,28,30). The Morgan fingerprint density at radius 1 is 1.12 bits per heavy atom. The third-order valence-corrected chi connectivity index (χ3v) is 6.45. The van der Waals surface area contributed by atoms with Gasteiger partial charge in [-0.05, 0) is 42.5 Å². The molecular formula is C24H19ClFN3O3S. The van der Waals surface area contributed by atoms with E-state index in [0.29, 0.717) is 5.92 Å². The second-order valence-electron chi connectivity index (χ2n) is 8.16. The molecule has 1 heterocycles. The predicted octanol–water partition coefficient (Wildman–Crippen LogP) is 5.05. The lowest BCUT2D eigenvalue weighted by Crippen LogP contribution is -2.30. The molecule has 0 unspecified atom stereocenters. The third-order valence-electron chi connectivity index (χ3n) is 5.59. The number of aromatic nitrogens is 2. The Bertz CT molecular complexity index is 1510. The molecule has 9 heteroatoms. The first-order valence-electron chi connectivity index (χ1n) is 10.3. The molecule has 1 aliphatic carbocycles. The normalized spacial score (nSPS) is 13.9. The van der Waals surface area contributed by atoms with Crippen molar-refractivity contribution in [2.24, 2.45) is 0 Å². The van der Waals surface area contributed by atoms with Crippen LogP contribution in [0.2, 0.25) is 5.02 Å². The summed E-state index contributed by atoms with van der Waals surface area (Å²) in [6.45, 7) is 0. The van der Waals surface area contributed by atoms with Crippen molar-refractivity contribution < 1.29 is 17.6 Å². The highest BCUT2D eigenvalue weighted by atomic mass is 35.5. The lowest BCUT2D eigenvalue weighted by atomic mass is 10.0. The van der Waals surface area contributed by atoms with E-state index in [0.717, 1.165) is 53.4 Å². The molecule has 0 spiro atoms. The van der Waals surface area contributed by atoms with E-state index in [-0.39, 0.29) is 10.7 Å². The van der Waals surface area contributed by atoms with E-state index in [2.05, 4.69) is 6.07 Å². The average Bonchev–Trinajstić information content (AvgIpc) is 3.55. The first kappa shape index (κ1) is 21.6. The number of carbonyl (C=O) groups excluding carboxylic acids is 1. The maximum Gasteiger partial charge on any atom is 0.267 e. The second kappa shape index (κ2) is 7.97. The van der Waals surface area contributed by atoms with Crippen LogP contribution in [0, 0.1) is 5.82 Å². The molecule has 1 aliphatic rings. The SMILES string of the molecule is CS(=O)(=O)NC(=O)c1cc(Cl)c(-n2nc(-c3ccccc3)c3cc(C4CC4)ccc32)cc1F. The van der Waals surface area contributed by atoms with Crippen molar-refractivity contribution in [1.29, 1.82) is 0 Å². The lowest BCUT2D eigenvalue weighted by Gasteiger charge is -2.10. The van der Waals surface area contributed by atoms with E-state index in [9.17, 15) is 17.6 Å². The first-order valence-corrected chi connectivity index (χ1v) is 12.6. The Hall–Kier alpha value is -3.23. The van der Waals surface area contributed by atoms with Gasteiger partial charge >= 0.3 is 0 Å². The Morgan fingerprint density at radius 2 is 1.85 bits per heavy atom. The molecule has 3 aromatic carbocycles. The van der Waals surface area contributed by atoms with Crippen LogP contribution in [-0.2, 0) is 10.0 Å². The molecule has 5 rings (SSSR count). The van der Waals surface area contributed by atoms with Gasteiger partial charge in [0, 0.05) is 17.0 Å². The minimum atomic E-state index is -3.85. The molecular weight excluding hydrogens is 465 g/mol. The van der Waals surface area contributed by atoms with Gasteiger partial charge in [0.05, 0.1) is 28.0 Å². The molecule has 0 radical (unpaired) electrons. The minimum absolute atomic E-state index is 0.0605. The van der Waals surface area contributed by atoms with Crippen LogP contribution < -0.4 is 4.72 Å². The van der Waals surface area contributed by atoms with E-state index in [1.54, 1.807) is 9.40 Å². The number of fused-ring (bicyclic) bond motifs is 1. The van der Waals surface area contributed by atoms with E-state index in [4.69, 9.17) is 16.7 Å². The fourth-order valence-electron chi connectivity index (χ4n) is 3.90. The van der Waals surface area contributed by atoms with Crippen LogP contribution >= 0.6 is 11.6 Å². The Morgan fingerprint density at radius 3 is 2.52 bits per heavy atom. The molecule has 0 bridgehead atoms. The summed E-state index contributed by atoms with van der Waals surface area (Å²) in [5, 5.41) is 5.73. The Kier molecular flexibility index (Phi) is 5.22. The van der Waals surface area contributed by atoms with Gasteiger partial charge in [0.1, 0.15) is 11.5 Å². The number of hydrogen-bond acceptors (Lipinski definition) is 4. The largest absolute Gasteiger partial charge is 0.268 e. The number of rotatable bonds is 5. The van der Waals surface area contributed by atoms with Gasteiger partial charge in [-0.1, -0.05) is 48.0 Å². The number of carbonyl (C=O) groups is 1. The highest BCUT2D eigenvalue weighted by molar-refractivity contribution is 7.89. The van der Waals surface area contributed by atoms with Crippen molar-refractivity contribution >= 4 is 38.4 Å². The molecule has 4 aromatic rings.